The first-order valence-corrected chi connectivity index (χ1v) is 13.0. The van der Waals surface area contributed by atoms with Crippen LogP contribution in [-0.4, -0.2) is 46.8 Å². The van der Waals surface area contributed by atoms with Crippen LogP contribution in [0.3, 0.4) is 0 Å². The van der Waals surface area contributed by atoms with E-state index in [-0.39, 0.29) is 11.3 Å². The van der Waals surface area contributed by atoms with Gasteiger partial charge in [0.05, 0.1) is 21.3 Å². The van der Waals surface area contributed by atoms with E-state index in [1.165, 1.54) is 5.69 Å². The molecule has 6 nitrogen and oxygen atoms in total. The second kappa shape index (κ2) is 9.49. The lowest BCUT2D eigenvalue weighted by Gasteiger charge is -2.38. The fraction of sp³-hybridized carbons (Fsp3) is 0.357. The molecule has 2 aliphatic rings. The number of hydrogen-bond donors (Lipinski definition) is 1. The van der Waals surface area contributed by atoms with Crippen molar-refractivity contribution in [3.05, 3.63) is 87.2 Å². The molecule has 1 aromatic heterocycles. The summed E-state index contributed by atoms with van der Waals surface area (Å²) in [5.74, 6) is 0.876. The first-order chi connectivity index (χ1) is 17.1. The van der Waals surface area contributed by atoms with Crippen molar-refractivity contribution < 1.29 is 4.79 Å². The Morgan fingerprint density at radius 2 is 1.67 bits per heavy atom. The van der Waals surface area contributed by atoms with E-state index in [9.17, 15) is 4.79 Å². The molecule has 2 aromatic carbocycles. The van der Waals surface area contributed by atoms with Crippen molar-refractivity contribution in [3.63, 3.8) is 0 Å². The number of halogens is 2. The van der Waals surface area contributed by atoms with Crippen LogP contribution >= 0.6 is 23.2 Å². The van der Waals surface area contributed by atoms with E-state index in [1.54, 1.807) is 6.07 Å². The molecule has 3 aromatic rings. The quantitative estimate of drug-likeness (QED) is 0.448. The first kappa shape index (κ1) is 24.7. The molecule has 36 heavy (non-hydrogen) atoms. The number of rotatable bonds is 3. The van der Waals surface area contributed by atoms with E-state index in [1.807, 2.05) is 46.8 Å². The number of nitrogens with zero attached hydrogens (tertiary/aromatic N) is 4. The number of aromatic nitrogens is 2. The Morgan fingerprint density at radius 3 is 2.31 bits per heavy atom. The zero-order valence-corrected chi connectivity index (χ0v) is 22.6. The molecule has 0 aliphatic carbocycles. The number of amides is 1. The van der Waals surface area contributed by atoms with E-state index in [0.717, 1.165) is 35.9 Å². The van der Waals surface area contributed by atoms with Crippen LogP contribution in [0, 0.1) is 0 Å². The summed E-state index contributed by atoms with van der Waals surface area (Å²) in [6.07, 6.45) is 0. The lowest BCUT2D eigenvalue weighted by Crippen LogP contribution is -2.50. The second-order valence-electron chi connectivity index (χ2n) is 10.5. The van der Waals surface area contributed by atoms with Crippen LogP contribution in [0.2, 0.25) is 10.0 Å². The molecule has 8 heteroatoms. The van der Waals surface area contributed by atoms with E-state index < -0.39 is 6.04 Å². The third kappa shape index (κ3) is 4.60. The number of nitrogens with one attached hydrogen (secondary N) is 1. The van der Waals surface area contributed by atoms with Crippen LogP contribution in [0.15, 0.2) is 65.9 Å². The van der Waals surface area contributed by atoms with Crippen LogP contribution in [-0.2, 0) is 10.2 Å². The summed E-state index contributed by atoms with van der Waals surface area (Å²) in [6, 6.07) is 17.5. The fourth-order valence-electron chi connectivity index (χ4n) is 4.88. The van der Waals surface area contributed by atoms with Gasteiger partial charge in [0.15, 0.2) is 0 Å². The van der Waals surface area contributed by atoms with Gasteiger partial charge < -0.3 is 15.1 Å². The van der Waals surface area contributed by atoms with Crippen LogP contribution in [0.5, 0.6) is 0 Å². The number of anilines is 2. The van der Waals surface area contributed by atoms with Crippen molar-refractivity contribution >= 4 is 40.6 Å². The summed E-state index contributed by atoms with van der Waals surface area (Å²) in [5, 5.41) is 9.35. The lowest BCUT2D eigenvalue weighted by molar-refractivity contribution is -0.128. The number of benzene rings is 2. The van der Waals surface area contributed by atoms with E-state index >= 15 is 0 Å². The van der Waals surface area contributed by atoms with Gasteiger partial charge in [-0.3, -0.25) is 4.79 Å². The minimum atomic E-state index is -0.410. The van der Waals surface area contributed by atoms with Gasteiger partial charge in [-0.25, -0.2) is 4.68 Å². The molecule has 1 saturated heterocycles. The largest absolute Gasteiger partial charge is 0.368 e. The average Bonchev–Trinajstić information content (AvgIpc) is 3.29. The Hall–Kier alpha value is -2.96. The highest BCUT2D eigenvalue weighted by Crippen LogP contribution is 2.40. The van der Waals surface area contributed by atoms with Gasteiger partial charge in [0.2, 0.25) is 0 Å². The monoisotopic (exact) mass is 523 g/mol. The molecule has 1 atom stereocenters. The number of hydrogen-bond acceptors (Lipinski definition) is 4. The highest BCUT2D eigenvalue weighted by atomic mass is 35.5. The zero-order valence-electron chi connectivity index (χ0n) is 21.1. The molecular weight excluding hydrogens is 493 g/mol. The molecule has 1 amide bonds. The maximum atomic E-state index is 14.1. The van der Waals surface area contributed by atoms with Crippen LogP contribution in [0.1, 0.15) is 45.0 Å². The maximum absolute atomic E-state index is 14.1. The minimum absolute atomic E-state index is 0.0160. The number of carbonyl (C=O) groups is 1. The van der Waals surface area contributed by atoms with E-state index in [0.29, 0.717) is 28.7 Å². The van der Waals surface area contributed by atoms with Crippen molar-refractivity contribution in [2.24, 2.45) is 0 Å². The molecule has 1 unspecified atom stereocenters. The Balaban J connectivity index is 1.49. The van der Waals surface area contributed by atoms with Gasteiger partial charge in [-0.05, 0) is 36.8 Å². The maximum Gasteiger partial charge on any atom is 0.254 e. The molecule has 0 radical (unpaired) electrons. The molecule has 0 spiro atoms. The van der Waals surface area contributed by atoms with Gasteiger partial charge in [-0.15, -0.1) is 0 Å². The van der Waals surface area contributed by atoms with Crippen LogP contribution in [0.4, 0.5) is 11.5 Å². The number of carbonyl (C=O) groups excluding carboxylic acids is 1. The van der Waals surface area contributed by atoms with Gasteiger partial charge in [-0.1, -0.05) is 68.2 Å². The molecule has 0 saturated carbocycles. The third-order valence-corrected chi connectivity index (χ3v) is 7.66. The van der Waals surface area contributed by atoms with Gasteiger partial charge in [-0.2, -0.15) is 5.10 Å². The summed E-state index contributed by atoms with van der Waals surface area (Å²) < 4.78 is 1.92. The number of allylic oxidation sites excluding steroid dienone is 1. The second-order valence-corrected chi connectivity index (χ2v) is 11.3. The normalized spacial score (nSPS) is 18.2. The molecule has 1 N–H and O–H groups in total. The highest BCUT2D eigenvalue weighted by Gasteiger charge is 2.37. The van der Waals surface area contributed by atoms with Crippen molar-refractivity contribution in [2.75, 3.05) is 36.4 Å². The van der Waals surface area contributed by atoms with Gasteiger partial charge in [0.1, 0.15) is 11.9 Å². The fourth-order valence-corrected chi connectivity index (χ4v) is 5.19. The highest BCUT2D eigenvalue weighted by molar-refractivity contribution is 6.42. The molecule has 2 aliphatic heterocycles. The van der Waals surface area contributed by atoms with Crippen molar-refractivity contribution in [1.29, 1.82) is 0 Å². The minimum Gasteiger partial charge on any atom is -0.368 e. The molecule has 188 valence electrons. The Morgan fingerprint density at radius 1 is 0.972 bits per heavy atom. The Kier molecular flexibility index (Phi) is 6.52. The number of piperazine rings is 1. The van der Waals surface area contributed by atoms with Gasteiger partial charge in [0.25, 0.3) is 5.91 Å². The van der Waals surface area contributed by atoms with E-state index in [4.69, 9.17) is 28.3 Å². The van der Waals surface area contributed by atoms with Crippen molar-refractivity contribution in [1.82, 2.24) is 14.7 Å². The summed E-state index contributed by atoms with van der Waals surface area (Å²) >= 11 is 12.7. The topological polar surface area (TPSA) is 53.4 Å². The van der Waals surface area contributed by atoms with Gasteiger partial charge >= 0.3 is 0 Å². The molecule has 1 fully saturated rings. The predicted octanol–water partition coefficient (Wildman–Crippen LogP) is 6.13. The number of para-hydroxylation sites is 1. The molecular formula is C28H31Cl2N5O. The average molecular weight is 524 g/mol. The van der Waals surface area contributed by atoms with E-state index in [2.05, 4.69) is 49.2 Å². The Labute approximate surface area is 222 Å². The lowest BCUT2D eigenvalue weighted by atomic mass is 9.92. The summed E-state index contributed by atoms with van der Waals surface area (Å²) in [6.45, 7) is 11.2. The SMILES string of the molecule is CC1=C(C(=O)N2CCN(c3ccccc3)CC2)C(c2ccc(Cl)c(Cl)c2)n2nc(C(C)(C)C)cc2N1. The third-order valence-electron chi connectivity index (χ3n) is 6.92. The predicted molar refractivity (Wildman–Crippen MR) is 147 cm³/mol. The van der Waals surface area contributed by atoms with Gasteiger partial charge in [0, 0.05) is 49.0 Å². The molecule has 3 heterocycles. The van der Waals surface area contributed by atoms with Crippen LogP contribution < -0.4 is 10.2 Å². The smallest absolute Gasteiger partial charge is 0.254 e. The standard InChI is InChI=1S/C28H31Cl2N5O/c1-18-25(27(36)34-14-12-33(13-15-34)20-8-6-5-7-9-20)26(19-10-11-21(29)22(30)16-19)35-24(31-18)17-23(32-35)28(2,3)4/h5-11,16-17,26,31H,12-15H2,1-4H3. The van der Waals surface area contributed by atoms with Crippen molar-refractivity contribution in [3.8, 4) is 0 Å². The number of fused-ring (bicyclic) bond motifs is 1. The summed E-state index contributed by atoms with van der Waals surface area (Å²) in [4.78, 5) is 18.3. The zero-order chi connectivity index (χ0) is 25.6. The summed E-state index contributed by atoms with van der Waals surface area (Å²) in [5.41, 5.74) is 4.38. The molecule has 0 bridgehead atoms. The summed E-state index contributed by atoms with van der Waals surface area (Å²) in [7, 11) is 0. The van der Waals surface area contributed by atoms with Crippen LogP contribution in [0.25, 0.3) is 0 Å². The van der Waals surface area contributed by atoms with Crippen molar-refractivity contribution in [2.45, 2.75) is 39.2 Å². The first-order valence-electron chi connectivity index (χ1n) is 12.3. The Bertz CT molecular complexity index is 1320. The molecule has 5 rings (SSSR count).